The van der Waals surface area contributed by atoms with E-state index in [1.165, 1.54) is 23.5 Å². The van der Waals surface area contributed by atoms with Gasteiger partial charge in [0.05, 0.1) is 10.2 Å². The van der Waals surface area contributed by atoms with E-state index in [-0.39, 0.29) is 11.3 Å². The third-order valence-electron chi connectivity index (χ3n) is 3.05. The Labute approximate surface area is 154 Å². The predicted octanol–water partition coefficient (Wildman–Crippen LogP) is 3.40. The lowest BCUT2D eigenvalue weighted by Crippen LogP contribution is -2.20. The summed E-state index contributed by atoms with van der Waals surface area (Å²) in [5.74, 6) is -1.44. The van der Waals surface area contributed by atoms with E-state index in [1.54, 1.807) is 6.07 Å². The van der Waals surface area contributed by atoms with Crippen LogP contribution in [0.1, 0.15) is 10.4 Å². The summed E-state index contributed by atoms with van der Waals surface area (Å²) >= 11 is 3.35. The Morgan fingerprint density at radius 3 is 2.83 bits per heavy atom. The normalized spacial score (nSPS) is 10.5. The largest absolute Gasteiger partial charge is 0.507 e. The number of ether oxygens (including phenoxy) is 1. The minimum absolute atomic E-state index is 0.0229. The molecule has 0 saturated heterocycles. The van der Waals surface area contributed by atoms with Gasteiger partial charge in [0.25, 0.3) is 5.91 Å². The van der Waals surface area contributed by atoms with Gasteiger partial charge < -0.3 is 9.84 Å². The average Bonchev–Trinajstić information content (AvgIpc) is 2.97. The fourth-order valence-corrected chi connectivity index (χ4v) is 3.33. The molecule has 2 N–H and O–H groups in total. The molecule has 0 saturated carbocycles. The summed E-state index contributed by atoms with van der Waals surface area (Å²) in [7, 11) is 0. The number of esters is 1. The van der Waals surface area contributed by atoms with Crippen molar-refractivity contribution in [3.63, 3.8) is 0 Å². The number of aromatic hydroxyl groups is 1. The van der Waals surface area contributed by atoms with E-state index in [0.717, 1.165) is 13.8 Å². The molecule has 3 aromatic rings. The highest BCUT2D eigenvalue weighted by molar-refractivity contribution is 14.1. The van der Waals surface area contributed by atoms with Crippen molar-refractivity contribution in [1.82, 2.24) is 4.98 Å². The van der Waals surface area contributed by atoms with Gasteiger partial charge >= 0.3 is 5.97 Å². The number of nitrogens with zero attached hydrogens (tertiary/aromatic N) is 1. The molecular formula is C16H11IN2O4S. The first kappa shape index (κ1) is 16.7. The standard InChI is InChI=1S/C16H11IN2O4S/c17-9-5-6-12(20)10(7-9)15(22)23-8-14(21)19-16-18-11-3-1-2-4-13(11)24-16/h1-7,20H,8H2,(H,18,19,21). The molecule has 24 heavy (non-hydrogen) atoms. The van der Waals surface area contributed by atoms with Gasteiger partial charge in [0, 0.05) is 3.57 Å². The SMILES string of the molecule is O=C(COC(=O)c1cc(I)ccc1O)Nc1nc2ccccc2s1. The Morgan fingerprint density at radius 1 is 1.25 bits per heavy atom. The zero-order valence-electron chi connectivity index (χ0n) is 12.2. The highest BCUT2D eigenvalue weighted by Crippen LogP contribution is 2.25. The van der Waals surface area contributed by atoms with Crippen LogP contribution in [0.4, 0.5) is 5.13 Å². The molecule has 3 rings (SSSR count). The number of aromatic nitrogens is 1. The Hall–Kier alpha value is -2.20. The Balaban J connectivity index is 1.61. The van der Waals surface area contributed by atoms with Crippen LogP contribution in [0.5, 0.6) is 5.75 Å². The molecular weight excluding hydrogens is 443 g/mol. The summed E-state index contributed by atoms with van der Waals surface area (Å²) in [5.41, 5.74) is 0.813. The maximum atomic E-state index is 11.9. The second-order valence-corrected chi connectivity index (χ2v) is 7.05. The lowest BCUT2D eigenvalue weighted by molar-refractivity contribution is -0.119. The second kappa shape index (κ2) is 7.14. The zero-order chi connectivity index (χ0) is 17.1. The van der Waals surface area contributed by atoms with E-state index in [4.69, 9.17) is 4.74 Å². The maximum Gasteiger partial charge on any atom is 0.342 e. The number of hydrogen-bond acceptors (Lipinski definition) is 6. The van der Waals surface area contributed by atoms with Crippen molar-refractivity contribution < 1.29 is 19.4 Å². The van der Waals surface area contributed by atoms with Crippen LogP contribution in [0.25, 0.3) is 10.2 Å². The quantitative estimate of drug-likeness (QED) is 0.466. The third-order valence-corrected chi connectivity index (χ3v) is 4.68. The van der Waals surface area contributed by atoms with Gasteiger partial charge in [-0.25, -0.2) is 9.78 Å². The number of amides is 1. The smallest absolute Gasteiger partial charge is 0.342 e. The molecule has 8 heteroatoms. The fraction of sp³-hybridized carbons (Fsp3) is 0.0625. The van der Waals surface area contributed by atoms with Gasteiger partial charge in [-0.1, -0.05) is 23.5 Å². The van der Waals surface area contributed by atoms with Gasteiger partial charge in [0.2, 0.25) is 0 Å². The summed E-state index contributed by atoms with van der Waals surface area (Å²) in [5, 5.41) is 12.7. The number of benzene rings is 2. The van der Waals surface area contributed by atoms with Crippen LogP contribution in [0.2, 0.25) is 0 Å². The lowest BCUT2D eigenvalue weighted by Gasteiger charge is -2.06. The van der Waals surface area contributed by atoms with Crippen molar-refractivity contribution >= 4 is 61.2 Å². The number of carbonyl (C=O) groups excluding carboxylic acids is 2. The molecule has 0 aliphatic heterocycles. The van der Waals surface area contributed by atoms with E-state index in [1.807, 2.05) is 46.9 Å². The van der Waals surface area contributed by atoms with Crippen LogP contribution in [0.15, 0.2) is 42.5 Å². The number of para-hydroxylation sites is 1. The minimum Gasteiger partial charge on any atom is -0.507 e. The van der Waals surface area contributed by atoms with E-state index < -0.39 is 18.5 Å². The van der Waals surface area contributed by atoms with E-state index >= 15 is 0 Å². The number of phenolic OH excluding ortho intramolecular Hbond substituents is 1. The van der Waals surface area contributed by atoms with Crippen molar-refractivity contribution in [2.45, 2.75) is 0 Å². The minimum atomic E-state index is -0.759. The molecule has 0 aliphatic rings. The van der Waals surface area contributed by atoms with E-state index in [0.29, 0.717) is 5.13 Å². The molecule has 0 spiro atoms. The number of rotatable bonds is 4. The molecule has 1 heterocycles. The number of anilines is 1. The number of phenols is 1. The van der Waals surface area contributed by atoms with Gasteiger partial charge in [-0.15, -0.1) is 0 Å². The monoisotopic (exact) mass is 454 g/mol. The Morgan fingerprint density at radius 2 is 2.04 bits per heavy atom. The van der Waals surface area contributed by atoms with E-state index in [9.17, 15) is 14.7 Å². The number of thiazole rings is 1. The lowest BCUT2D eigenvalue weighted by atomic mass is 10.2. The number of hydrogen-bond donors (Lipinski definition) is 2. The van der Waals surface area contributed by atoms with Gasteiger partial charge in [0.15, 0.2) is 11.7 Å². The molecule has 0 fully saturated rings. The van der Waals surface area contributed by atoms with Crippen LogP contribution in [-0.2, 0) is 9.53 Å². The molecule has 0 unspecified atom stereocenters. The number of fused-ring (bicyclic) bond motifs is 1. The van der Waals surface area contributed by atoms with Crippen molar-refractivity contribution in [3.8, 4) is 5.75 Å². The maximum absolute atomic E-state index is 11.9. The first-order valence-corrected chi connectivity index (χ1v) is 8.73. The predicted molar refractivity (Wildman–Crippen MR) is 99.4 cm³/mol. The molecule has 0 bridgehead atoms. The summed E-state index contributed by atoms with van der Waals surface area (Å²) in [6.45, 7) is -0.459. The highest BCUT2D eigenvalue weighted by Gasteiger charge is 2.15. The highest BCUT2D eigenvalue weighted by atomic mass is 127. The van der Waals surface area contributed by atoms with Crippen molar-refractivity contribution in [2.75, 3.05) is 11.9 Å². The van der Waals surface area contributed by atoms with Crippen molar-refractivity contribution in [3.05, 3.63) is 51.6 Å². The molecule has 2 aromatic carbocycles. The van der Waals surface area contributed by atoms with Crippen molar-refractivity contribution in [2.24, 2.45) is 0 Å². The van der Waals surface area contributed by atoms with Gasteiger partial charge in [-0.3, -0.25) is 10.1 Å². The van der Waals surface area contributed by atoms with Crippen LogP contribution < -0.4 is 5.32 Å². The molecule has 1 aromatic heterocycles. The molecule has 0 aliphatic carbocycles. The van der Waals surface area contributed by atoms with Crippen LogP contribution in [-0.4, -0.2) is 28.6 Å². The molecule has 0 atom stereocenters. The summed E-state index contributed by atoms with van der Waals surface area (Å²) in [6.07, 6.45) is 0. The number of halogens is 1. The first-order chi connectivity index (χ1) is 11.5. The third kappa shape index (κ3) is 3.82. The molecule has 0 radical (unpaired) electrons. The van der Waals surface area contributed by atoms with Gasteiger partial charge in [-0.2, -0.15) is 0 Å². The van der Waals surface area contributed by atoms with Crippen molar-refractivity contribution in [1.29, 1.82) is 0 Å². The summed E-state index contributed by atoms with van der Waals surface area (Å²) < 4.78 is 6.66. The molecule has 122 valence electrons. The summed E-state index contributed by atoms with van der Waals surface area (Å²) in [4.78, 5) is 28.1. The Bertz CT molecular complexity index is 892. The number of nitrogens with one attached hydrogen (secondary N) is 1. The summed E-state index contributed by atoms with van der Waals surface area (Å²) in [6, 6.07) is 12.1. The van der Waals surface area contributed by atoms with Crippen LogP contribution in [0.3, 0.4) is 0 Å². The average molecular weight is 454 g/mol. The number of carbonyl (C=O) groups is 2. The van der Waals surface area contributed by atoms with Crippen LogP contribution >= 0.6 is 33.9 Å². The van der Waals surface area contributed by atoms with Gasteiger partial charge in [0.1, 0.15) is 11.3 Å². The van der Waals surface area contributed by atoms with E-state index in [2.05, 4.69) is 10.3 Å². The Kier molecular flexibility index (Phi) is 4.95. The molecule has 6 nitrogen and oxygen atoms in total. The first-order valence-electron chi connectivity index (χ1n) is 6.84. The second-order valence-electron chi connectivity index (χ2n) is 4.77. The van der Waals surface area contributed by atoms with Gasteiger partial charge in [-0.05, 0) is 52.9 Å². The molecule has 1 amide bonds. The van der Waals surface area contributed by atoms with Crippen LogP contribution in [0, 0.1) is 3.57 Å². The fourth-order valence-electron chi connectivity index (χ4n) is 1.96. The topological polar surface area (TPSA) is 88.5 Å². The zero-order valence-corrected chi connectivity index (χ0v) is 15.1.